The summed E-state index contributed by atoms with van der Waals surface area (Å²) in [7, 11) is 0. The monoisotopic (exact) mass is 391 g/mol. The first-order valence-electron chi connectivity index (χ1n) is 9.74. The third-order valence-electron chi connectivity index (χ3n) is 5.10. The molecule has 148 valence electrons. The summed E-state index contributed by atoms with van der Waals surface area (Å²) < 4.78 is 18.4. The van der Waals surface area contributed by atoms with E-state index in [1.807, 2.05) is 24.3 Å². The van der Waals surface area contributed by atoms with Crippen LogP contribution in [0.4, 0.5) is 5.69 Å². The molecule has 7 nitrogen and oxygen atoms in total. The molecule has 0 radical (unpaired) electrons. The van der Waals surface area contributed by atoms with Crippen molar-refractivity contribution in [3.05, 3.63) is 54.5 Å². The SMILES string of the molecule is O=C(COc1ccc2c(c1)OCO2)Nc1ccccc1-c1cn2c(n1)CCCC2. The van der Waals surface area contributed by atoms with Gasteiger partial charge in [0.15, 0.2) is 18.1 Å². The van der Waals surface area contributed by atoms with Gasteiger partial charge >= 0.3 is 0 Å². The summed E-state index contributed by atoms with van der Waals surface area (Å²) in [5.41, 5.74) is 2.52. The maximum atomic E-state index is 12.5. The lowest BCUT2D eigenvalue weighted by Gasteiger charge is -2.11. The largest absolute Gasteiger partial charge is 0.484 e. The first-order valence-corrected chi connectivity index (χ1v) is 9.74. The van der Waals surface area contributed by atoms with Crippen molar-refractivity contribution in [3.63, 3.8) is 0 Å². The molecule has 3 heterocycles. The Balaban J connectivity index is 1.28. The van der Waals surface area contributed by atoms with E-state index in [0.717, 1.165) is 35.7 Å². The number of aromatic nitrogens is 2. The van der Waals surface area contributed by atoms with E-state index in [4.69, 9.17) is 19.2 Å². The summed E-state index contributed by atoms with van der Waals surface area (Å²) in [6, 6.07) is 12.9. The molecule has 0 bridgehead atoms. The van der Waals surface area contributed by atoms with Gasteiger partial charge in [0, 0.05) is 30.8 Å². The Hall–Kier alpha value is -3.48. The molecule has 0 atom stereocenters. The summed E-state index contributed by atoms with van der Waals surface area (Å²) in [6.07, 6.45) is 5.42. The van der Waals surface area contributed by atoms with Crippen molar-refractivity contribution in [3.8, 4) is 28.5 Å². The highest BCUT2D eigenvalue weighted by Gasteiger charge is 2.17. The fourth-order valence-electron chi connectivity index (χ4n) is 3.66. The molecule has 0 unspecified atom stereocenters. The van der Waals surface area contributed by atoms with E-state index >= 15 is 0 Å². The van der Waals surface area contributed by atoms with Crippen molar-refractivity contribution >= 4 is 11.6 Å². The first-order chi connectivity index (χ1) is 14.3. The van der Waals surface area contributed by atoms with Crippen molar-refractivity contribution in [2.75, 3.05) is 18.7 Å². The highest BCUT2D eigenvalue weighted by molar-refractivity contribution is 5.95. The minimum absolute atomic E-state index is 0.104. The minimum Gasteiger partial charge on any atom is -0.484 e. The van der Waals surface area contributed by atoms with E-state index in [-0.39, 0.29) is 19.3 Å². The standard InChI is InChI=1S/C22H21N3O4/c26-22(13-27-15-8-9-19-20(11-15)29-14-28-19)24-17-6-2-1-5-16(17)18-12-25-10-4-3-7-21(25)23-18/h1-2,5-6,8-9,11-12H,3-4,7,10,13-14H2,(H,24,26). The van der Waals surface area contributed by atoms with Gasteiger partial charge < -0.3 is 24.1 Å². The molecule has 0 saturated carbocycles. The van der Waals surface area contributed by atoms with Crippen molar-refractivity contribution in [2.24, 2.45) is 0 Å². The number of aryl methyl sites for hydroxylation is 2. The predicted octanol–water partition coefficient (Wildman–Crippen LogP) is 3.63. The lowest BCUT2D eigenvalue weighted by Crippen LogP contribution is -2.20. The second-order valence-corrected chi connectivity index (χ2v) is 7.09. The van der Waals surface area contributed by atoms with Crippen molar-refractivity contribution in [1.82, 2.24) is 9.55 Å². The Morgan fingerprint density at radius 1 is 1.14 bits per heavy atom. The number of nitrogens with one attached hydrogen (secondary N) is 1. The number of carbonyl (C=O) groups is 1. The summed E-state index contributed by atoms with van der Waals surface area (Å²) in [5, 5.41) is 2.94. The van der Waals surface area contributed by atoms with Crippen LogP contribution in [0, 0.1) is 0 Å². The summed E-state index contributed by atoms with van der Waals surface area (Å²) in [5.74, 6) is 2.73. The number of imidazole rings is 1. The van der Waals surface area contributed by atoms with Crippen LogP contribution in [0.1, 0.15) is 18.7 Å². The summed E-state index contributed by atoms with van der Waals surface area (Å²) >= 11 is 0. The molecule has 0 saturated heterocycles. The van der Waals surface area contributed by atoms with Crippen molar-refractivity contribution in [1.29, 1.82) is 0 Å². The average Bonchev–Trinajstić information content (AvgIpc) is 3.39. The maximum absolute atomic E-state index is 12.5. The minimum atomic E-state index is -0.237. The predicted molar refractivity (Wildman–Crippen MR) is 107 cm³/mol. The van der Waals surface area contributed by atoms with E-state index in [9.17, 15) is 4.79 Å². The number of benzene rings is 2. The molecule has 2 aromatic carbocycles. The van der Waals surface area contributed by atoms with Gasteiger partial charge in [-0.2, -0.15) is 0 Å². The van der Waals surface area contributed by atoms with Gasteiger partial charge in [0.1, 0.15) is 11.6 Å². The molecule has 1 aromatic heterocycles. The second-order valence-electron chi connectivity index (χ2n) is 7.09. The molecule has 0 aliphatic carbocycles. The van der Waals surface area contributed by atoms with E-state index in [0.29, 0.717) is 17.2 Å². The van der Waals surface area contributed by atoms with Crippen LogP contribution < -0.4 is 19.5 Å². The fourth-order valence-corrected chi connectivity index (χ4v) is 3.66. The fraction of sp³-hybridized carbons (Fsp3) is 0.273. The number of carbonyl (C=O) groups excluding carboxylic acids is 1. The zero-order valence-corrected chi connectivity index (χ0v) is 15.9. The molecule has 2 aliphatic heterocycles. The van der Waals surface area contributed by atoms with Crippen LogP contribution in [-0.4, -0.2) is 28.9 Å². The first kappa shape index (κ1) is 17.6. The van der Waals surface area contributed by atoms with Gasteiger partial charge in [-0.25, -0.2) is 4.98 Å². The molecule has 3 aromatic rings. The molecular formula is C22H21N3O4. The van der Waals surface area contributed by atoms with Gasteiger partial charge in [-0.15, -0.1) is 0 Å². The lowest BCUT2D eigenvalue weighted by atomic mass is 10.1. The maximum Gasteiger partial charge on any atom is 0.262 e. The van der Waals surface area contributed by atoms with Gasteiger partial charge in [0.2, 0.25) is 6.79 Å². The van der Waals surface area contributed by atoms with E-state index in [1.54, 1.807) is 18.2 Å². The molecule has 1 N–H and O–H groups in total. The van der Waals surface area contributed by atoms with Crippen LogP contribution in [-0.2, 0) is 17.8 Å². The van der Waals surface area contributed by atoms with Gasteiger partial charge in [-0.05, 0) is 31.0 Å². The van der Waals surface area contributed by atoms with Crippen molar-refractivity contribution < 1.29 is 19.0 Å². The number of ether oxygens (including phenoxy) is 3. The Morgan fingerprint density at radius 2 is 2.03 bits per heavy atom. The number of anilines is 1. The van der Waals surface area contributed by atoms with Gasteiger partial charge in [0.05, 0.1) is 11.4 Å². The number of fused-ring (bicyclic) bond motifs is 2. The molecule has 0 fully saturated rings. The Kier molecular flexibility index (Phi) is 4.56. The molecule has 29 heavy (non-hydrogen) atoms. The third-order valence-corrected chi connectivity index (χ3v) is 5.10. The highest BCUT2D eigenvalue weighted by Crippen LogP contribution is 2.35. The molecule has 7 heteroatoms. The van der Waals surface area contributed by atoms with Crippen LogP contribution in [0.2, 0.25) is 0 Å². The molecular weight excluding hydrogens is 370 g/mol. The van der Waals surface area contributed by atoms with E-state index < -0.39 is 0 Å². The Morgan fingerprint density at radius 3 is 2.97 bits per heavy atom. The third kappa shape index (κ3) is 3.63. The number of hydrogen-bond donors (Lipinski definition) is 1. The number of rotatable bonds is 5. The normalized spacial score (nSPS) is 14.3. The highest BCUT2D eigenvalue weighted by atomic mass is 16.7. The average molecular weight is 391 g/mol. The zero-order valence-electron chi connectivity index (χ0n) is 15.9. The second kappa shape index (κ2) is 7.50. The molecule has 2 aliphatic rings. The summed E-state index contributed by atoms with van der Waals surface area (Å²) in [6.45, 7) is 1.10. The van der Waals surface area contributed by atoms with Crippen LogP contribution >= 0.6 is 0 Å². The van der Waals surface area contributed by atoms with E-state index in [1.165, 1.54) is 12.8 Å². The van der Waals surface area contributed by atoms with Crippen LogP contribution in [0.5, 0.6) is 17.2 Å². The topological polar surface area (TPSA) is 74.6 Å². The van der Waals surface area contributed by atoms with Gasteiger partial charge in [-0.3, -0.25) is 4.79 Å². The lowest BCUT2D eigenvalue weighted by molar-refractivity contribution is -0.118. The quantitative estimate of drug-likeness (QED) is 0.719. The molecule has 0 spiro atoms. The Bertz CT molecular complexity index is 1040. The van der Waals surface area contributed by atoms with Gasteiger partial charge in [0.25, 0.3) is 5.91 Å². The number of hydrogen-bond acceptors (Lipinski definition) is 5. The number of nitrogens with zero attached hydrogens (tertiary/aromatic N) is 2. The van der Waals surface area contributed by atoms with Gasteiger partial charge in [-0.1, -0.05) is 18.2 Å². The van der Waals surface area contributed by atoms with E-state index in [2.05, 4.69) is 16.1 Å². The molecule has 5 rings (SSSR count). The summed E-state index contributed by atoms with van der Waals surface area (Å²) in [4.78, 5) is 17.3. The molecule has 1 amide bonds. The smallest absolute Gasteiger partial charge is 0.262 e. The zero-order chi connectivity index (χ0) is 19.6. The number of amides is 1. The van der Waals surface area contributed by atoms with Crippen LogP contribution in [0.3, 0.4) is 0 Å². The van der Waals surface area contributed by atoms with Crippen molar-refractivity contribution in [2.45, 2.75) is 25.8 Å². The number of para-hydroxylation sites is 1. The van der Waals surface area contributed by atoms with Crippen LogP contribution in [0.15, 0.2) is 48.7 Å². The van der Waals surface area contributed by atoms with Crippen LogP contribution in [0.25, 0.3) is 11.3 Å². The Labute approximate surface area is 168 Å².